The topological polar surface area (TPSA) is 12.0 Å². The molecule has 0 aliphatic heterocycles. The monoisotopic (exact) mass is 281 g/mol. The Morgan fingerprint density at radius 2 is 1.70 bits per heavy atom. The average molecular weight is 281 g/mol. The van der Waals surface area contributed by atoms with E-state index in [0.29, 0.717) is 5.92 Å². The zero-order valence-electron chi connectivity index (χ0n) is 12.7. The van der Waals surface area contributed by atoms with E-state index < -0.39 is 11.6 Å². The first-order chi connectivity index (χ1) is 9.50. The molecule has 0 spiro atoms. The van der Waals surface area contributed by atoms with Gasteiger partial charge in [0, 0.05) is 11.6 Å². The van der Waals surface area contributed by atoms with E-state index in [2.05, 4.69) is 19.2 Å². The van der Waals surface area contributed by atoms with Gasteiger partial charge in [0.1, 0.15) is 11.6 Å². The minimum Gasteiger partial charge on any atom is -0.312 e. The van der Waals surface area contributed by atoms with Gasteiger partial charge in [-0.05, 0) is 49.8 Å². The van der Waals surface area contributed by atoms with Crippen LogP contribution in [0.15, 0.2) is 18.2 Å². The van der Waals surface area contributed by atoms with Gasteiger partial charge in [0.2, 0.25) is 0 Å². The molecular formula is C17H25F2N. The number of rotatable bonds is 5. The molecular weight excluding hydrogens is 256 g/mol. The summed E-state index contributed by atoms with van der Waals surface area (Å²) >= 11 is 0. The summed E-state index contributed by atoms with van der Waals surface area (Å²) in [7, 11) is 1.82. The molecule has 3 heteroatoms. The summed E-state index contributed by atoms with van der Waals surface area (Å²) < 4.78 is 28.3. The molecule has 20 heavy (non-hydrogen) atoms. The van der Waals surface area contributed by atoms with E-state index in [1.165, 1.54) is 18.2 Å². The maximum atomic E-state index is 14.2. The second-order valence-corrected chi connectivity index (χ2v) is 6.52. The molecule has 0 saturated heterocycles. The zero-order valence-corrected chi connectivity index (χ0v) is 12.7. The summed E-state index contributed by atoms with van der Waals surface area (Å²) in [6.45, 7) is 4.37. The maximum absolute atomic E-state index is 14.2. The molecule has 1 saturated carbocycles. The van der Waals surface area contributed by atoms with Gasteiger partial charge < -0.3 is 5.32 Å². The van der Waals surface area contributed by atoms with Crippen molar-refractivity contribution in [1.29, 1.82) is 0 Å². The molecule has 1 N–H and O–H groups in total. The van der Waals surface area contributed by atoms with Gasteiger partial charge in [-0.15, -0.1) is 0 Å². The van der Waals surface area contributed by atoms with Crippen molar-refractivity contribution in [2.75, 3.05) is 7.05 Å². The summed E-state index contributed by atoms with van der Waals surface area (Å²) in [5.74, 6) is -0.336. The van der Waals surface area contributed by atoms with Crippen molar-refractivity contribution >= 4 is 0 Å². The number of nitrogens with one attached hydrogen (secondary N) is 1. The number of benzene rings is 1. The third kappa shape index (κ3) is 2.88. The van der Waals surface area contributed by atoms with Gasteiger partial charge in [0.15, 0.2) is 0 Å². The highest BCUT2D eigenvalue weighted by molar-refractivity contribution is 5.26. The Bertz CT molecular complexity index is 430. The van der Waals surface area contributed by atoms with E-state index >= 15 is 0 Å². The summed E-state index contributed by atoms with van der Waals surface area (Å²) in [6.07, 6.45) is 5.41. The lowest BCUT2D eigenvalue weighted by molar-refractivity contribution is 0.155. The van der Waals surface area contributed by atoms with Crippen LogP contribution in [0.25, 0.3) is 0 Å². The molecule has 0 amide bonds. The predicted octanol–water partition coefficient (Wildman–Crippen LogP) is 4.83. The van der Waals surface area contributed by atoms with Crippen molar-refractivity contribution in [3.05, 3.63) is 35.4 Å². The van der Waals surface area contributed by atoms with Crippen LogP contribution in [0.5, 0.6) is 0 Å². The van der Waals surface area contributed by atoms with Gasteiger partial charge in [-0.25, -0.2) is 8.78 Å². The summed E-state index contributed by atoms with van der Waals surface area (Å²) in [5.41, 5.74) is 0.198. The Hall–Kier alpha value is -0.960. The SMILES string of the molecule is CNC(c1c(F)cccc1F)C1(CC(C)C)CCCC1. The fourth-order valence-electron chi connectivity index (χ4n) is 4.05. The first-order valence-corrected chi connectivity index (χ1v) is 7.61. The number of hydrogen-bond donors (Lipinski definition) is 1. The van der Waals surface area contributed by atoms with Gasteiger partial charge in [0.05, 0.1) is 0 Å². The molecule has 1 aliphatic rings. The standard InChI is InChI=1S/C17H25F2N/c1-12(2)11-17(9-4-5-10-17)16(20-3)15-13(18)7-6-8-14(15)19/h6-8,12,16,20H,4-5,9-11H2,1-3H3. The number of hydrogen-bond acceptors (Lipinski definition) is 1. The van der Waals surface area contributed by atoms with Crippen LogP contribution in [0.3, 0.4) is 0 Å². The van der Waals surface area contributed by atoms with Crippen LogP contribution in [-0.4, -0.2) is 7.05 Å². The molecule has 0 aromatic heterocycles. The van der Waals surface area contributed by atoms with Gasteiger partial charge in [-0.3, -0.25) is 0 Å². The average Bonchev–Trinajstić information content (AvgIpc) is 2.82. The molecule has 0 heterocycles. The Labute approximate surface area is 120 Å². The highest BCUT2D eigenvalue weighted by Gasteiger charge is 2.43. The van der Waals surface area contributed by atoms with Gasteiger partial charge >= 0.3 is 0 Å². The first-order valence-electron chi connectivity index (χ1n) is 7.61. The maximum Gasteiger partial charge on any atom is 0.130 e. The lowest BCUT2D eigenvalue weighted by Crippen LogP contribution is -2.37. The molecule has 1 unspecified atom stereocenters. The Balaban J connectivity index is 2.43. The predicted molar refractivity (Wildman–Crippen MR) is 78.5 cm³/mol. The lowest BCUT2D eigenvalue weighted by Gasteiger charge is -2.39. The van der Waals surface area contributed by atoms with Gasteiger partial charge in [-0.1, -0.05) is 32.8 Å². The Kier molecular flexibility index (Phi) is 4.79. The normalized spacial score (nSPS) is 19.5. The van der Waals surface area contributed by atoms with Crippen molar-refractivity contribution in [2.45, 2.75) is 52.0 Å². The van der Waals surface area contributed by atoms with Crippen LogP contribution in [0.4, 0.5) is 8.78 Å². The third-order valence-corrected chi connectivity index (χ3v) is 4.60. The third-order valence-electron chi connectivity index (χ3n) is 4.60. The van der Waals surface area contributed by atoms with Crippen molar-refractivity contribution in [1.82, 2.24) is 5.32 Å². The second-order valence-electron chi connectivity index (χ2n) is 6.52. The molecule has 0 bridgehead atoms. The van der Waals surface area contributed by atoms with Crippen molar-refractivity contribution in [2.24, 2.45) is 11.3 Å². The molecule has 1 aliphatic carbocycles. The fourth-order valence-corrected chi connectivity index (χ4v) is 4.05. The van der Waals surface area contributed by atoms with Crippen molar-refractivity contribution in [3.8, 4) is 0 Å². The highest BCUT2D eigenvalue weighted by Crippen LogP contribution is 2.52. The van der Waals surface area contributed by atoms with E-state index in [-0.39, 0.29) is 17.0 Å². The van der Waals surface area contributed by atoms with E-state index in [1.54, 1.807) is 0 Å². The van der Waals surface area contributed by atoms with Crippen molar-refractivity contribution in [3.63, 3.8) is 0 Å². The first kappa shape index (κ1) is 15.4. The fraction of sp³-hybridized carbons (Fsp3) is 0.647. The Morgan fingerprint density at radius 1 is 1.15 bits per heavy atom. The van der Waals surface area contributed by atoms with Crippen LogP contribution in [-0.2, 0) is 0 Å². The Morgan fingerprint density at radius 3 is 2.15 bits per heavy atom. The molecule has 1 aromatic rings. The van der Waals surface area contributed by atoms with E-state index in [9.17, 15) is 8.78 Å². The second kappa shape index (κ2) is 6.21. The molecule has 1 nitrogen and oxygen atoms in total. The summed E-state index contributed by atoms with van der Waals surface area (Å²) in [4.78, 5) is 0. The minimum absolute atomic E-state index is 0.0219. The van der Waals surface area contributed by atoms with Crippen molar-refractivity contribution < 1.29 is 8.78 Å². The van der Waals surface area contributed by atoms with Gasteiger partial charge in [-0.2, -0.15) is 0 Å². The highest BCUT2D eigenvalue weighted by atomic mass is 19.1. The zero-order chi connectivity index (χ0) is 14.8. The summed E-state index contributed by atoms with van der Waals surface area (Å²) in [5, 5.41) is 3.21. The molecule has 2 rings (SSSR count). The van der Waals surface area contributed by atoms with Crippen LogP contribution < -0.4 is 5.32 Å². The molecule has 1 aromatic carbocycles. The lowest BCUT2D eigenvalue weighted by atomic mass is 9.70. The molecule has 112 valence electrons. The molecule has 1 fully saturated rings. The van der Waals surface area contributed by atoms with Crippen LogP contribution in [0.1, 0.15) is 57.6 Å². The van der Waals surface area contributed by atoms with E-state index in [4.69, 9.17) is 0 Å². The van der Waals surface area contributed by atoms with Crippen LogP contribution in [0.2, 0.25) is 0 Å². The number of halogens is 2. The largest absolute Gasteiger partial charge is 0.312 e. The van der Waals surface area contributed by atoms with E-state index in [0.717, 1.165) is 32.1 Å². The van der Waals surface area contributed by atoms with Crippen LogP contribution >= 0.6 is 0 Å². The summed E-state index contributed by atoms with van der Waals surface area (Å²) in [6, 6.07) is 3.92. The quantitative estimate of drug-likeness (QED) is 0.815. The van der Waals surface area contributed by atoms with Crippen LogP contribution in [0, 0.1) is 23.0 Å². The van der Waals surface area contributed by atoms with Gasteiger partial charge in [0.25, 0.3) is 0 Å². The molecule has 1 atom stereocenters. The smallest absolute Gasteiger partial charge is 0.130 e. The minimum atomic E-state index is -0.431. The molecule has 0 radical (unpaired) electrons. The van der Waals surface area contributed by atoms with E-state index in [1.807, 2.05) is 7.05 Å².